The number of nitrogens with one attached hydrogen (secondary N) is 1. The molecule has 146 valence electrons. The number of halogens is 4. The molecule has 0 radical (unpaired) electrons. The van der Waals surface area contributed by atoms with Gasteiger partial charge in [0.1, 0.15) is 10.6 Å². The van der Waals surface area contributed by atoms with Gasteiger partial charge >= 0.3 is 12.3 Å². The van der Waals surface area contributed by atoms with E-state index in [2.05, 4.69) is 14.2 Å². The molecule has 0 aromatic heterocycles. The highest BCUT2D eigenvalue weighted by Crippen LogP contribution is 2.27. The summed E-state index contributed by atoms with van der Waals surface area (Å²) in [6.07, 6.45) is -4.91. The van der Waals surface area contributed by atoms with Crippen LogP contribution in [0.3, 0.4) is 0 Å². The fraction of sp³-hybridized carbons (Fsp3) is 0.188. The molecule has 0 aliphatic heterocycles. The first-order valence-corrected chi connectivity index (χ1v) is 9.11. The van der Waals surface area contributed by atoms with Gasteiger partial charge in [-0.05, 0) is 24.3 Å². The van der Waals surface area contributed by atoms with Gasteiger partial charge in [-0.15, -0.1) is 13.2 Å². The molecule has 0 unspecified atom stereocenters. The molecule has 2 rings (SSSR count). The summed E-state index contributed by atoms with van der Waals surface area (Å²) in [4.78, 5) is 11.1. The van der Waals surface area contributed by atoms with E-state index in [0.717, 1.165) is 25.3 Å². The Morgan fingerprint density at radius 2 is 1.85 bits per heavy atom. The smallest absolute Gasteiger partial charge is 0.465 e. The van der Waals surface area contributed by atoms with Crippen LogP contribution in [0.15, 0.2) is 47.4 Å². The number of hydrogen-bond acceptors (Lipinski definition) is 5. The first kappa shape index (κ1) is 21.0. The van der Waals surface area contributed by atoms with Crippen LogP contribution in [-0.4, -0.2) is 27.9 Å². The van der Waals surface area contributed by atoms with E-state index in [-0.39, 0.29) is 21.0 Å². The Morgan fingerprint density at radius 1 is 1.19 bits per heavy atom. The largest absolute Gasteiger partial charge is 0.573 e. The van der Waals surface area contributed by atoms with Crippen LogP contribution in [0.4, 0.5) is 13.2 Å². The molecular formula is C16H13ClF3NO5S. The van der Waals surface area contributed by atoms with Gasteiger partial charge < -0.3 is 9.47 Å². The Bertz CT molecular complexity index is 947. The van der Waals surface area contributed by atoms with Crippen molar-refractivity contribution in [1.29, 1.82) is 0 Å². The number of rotatable bonds is 6. The van der Waals surface area contributed by atoms with Crippen molar-refractivity contribution in [3.8, 4) is 5.75 Å². The third kappa shape index (κ3) is 5.59. The Labute approximate surface area is 157 Å². The van der Waals surface area contributed by atoms with Crippen molar-refractivity contribution in [2.45, 2.75) is 17.8 Å². The van der Waals surface area contributed by atoms with E-state index in [1.165, 1.54) is 24.3 Å². The molecule has 2 aromatic rings. The number of para-hydroxylation sites is 1. The van der Waals surface area contributed by atoms with Gasteiger partial charge in [0.15, 0.2) is 0 Å². The second-order valence-corrected chi connectivity index (χ2v) is 7.26. The first-order valence-electron chi connectivity index (χ1n) is 7.24. The summed E-state index contributed by atoms with van der Waals surface area (Å²) in [5.41, 5.74) is 0.0195. The summed E-state index contributed by atoms with van der Waals surface area (Å²) < 4.78 is 72.6. The highest BCUT2D eigenvalue weighted by atomic mass is 35.5. The van der Waals surface area contributed by atoms with Crippen molar-refractivity contribution in [1.82, 2.24) is 4.72 Å². The molecule has 0 aliphatic carbocycles. The molecule has 11 heteroatoms. The predicted octanol–water partition coefficient (Wildman–Crippen LogP) is 3.50. The Hall–Kier alpha value is -2.30. The Kier molecular flexibility index (Phi) is 6.34. The number of ether oxygens (including phenoxy) is 2. The minimum atomic E-state index is -4.91. The first-order chi connectivity index (χ1) is 12.5. The van der Waals surface area contributed by atoms with E-state index in [1.54, 1.807) is 0 Å². The van der Waals surface area contributed by atoms with Crippen molar-refractivity contribution >= 4 is 27.6 Å². The van der Waals surface area contributed by atoms with Crippen molar-refractivity contribution in [3.63, 3.8) is 0 Å². The molecule has 0 saturated carbocycles. The third-order valence-electron chi connectivity index (χ3n) is 3.29. The van der Waals surface area contributed by atoms with Crippen LogP contribution >= 0.6 is 11.6 Å². The molecule has 27 heavy (non-hydrogen) atoms. The highest BCUT2D eigenvalue weighted by Gasteiger charge is 2.32. The summed E-state index contributed by atoms with van der Waals surface area (Å²) in [6, 6.07) is 8.51. The van der Waals surface area contributed by atoms with Crippen LogP contribution in [0.25, 0.3) is 0 Å². The van der Waals surface area contributed by atoms with Gasteiger partial charge in [-0.3, -0.25) is 0 Å². The van der Waals surface area contributed by atoms with Gasteiger partial charge in [0.25, 0.3) is 0 Å². The number of methoxy groups -OCH3 is 1. The van der Waals surface area contributed by atoms with Crippen molar-refractivity contribution in [2.75, 3.05) is 7.11 Å². The van der Waals surface area contributed by atoms with Crippen LogP contribution in [0.2, 0.25) is 5.02 Å². The molecule has 0 fully saturated rings. The van der Waals surface area contributed by atoms with Crippen LogP contribution in [0.1, 0.15) is 15.9 Å². The summed E-state index contributed by atoms with van der Waals surface area (Å²) >= 11 is 5.91. The summed E-state index contributed by atoms with van der Waals surface area (Å²) in [5.74, 6) is -1.23. The molecule has 0 amide bonds. The highest BCUT2D eigenvalue weighted by molar-refractivity contribution is 7.89. The number of carbonyl (C=O) groups excluding carboxylic acids is 1. The number of hydrogen-bond donors (Lipinski definition) is 1. The molecule has 0 saturated heterocycles. The maximum Gasteiger partial charge on any atom is 0.573 e. The summed E-state index contributed by atoms with van der Waals surface area (Å²) in [6.45, 7) is -0.469. The SMILES string of the molecule is COC(=O)c1ccc(S(=O)(=O)NCc2ccccc2OC(F)(F)F)c(Cl)c1. The van der Waals surface area contributed by atoms with Crippen LogP contribution in [0.5, 0.6) is 5.75 Å². The zero-order valence-corrected chi connectivity index (χ0v) is 15.3. The van der Waals surface area contributed by atoms with E-state index < -0.39 is 34.6 Å². The molecule has 2 aromatic carbocycles. The number of esters is 1. The van der Waals surface area contributed by atoms with Crippen LogP contribution in [0, 0.1) is 0 Å². The van der Waals surface area contributed by atoms with Gasteiger partial charge in [0.2, 0.25) is 10.0 Å². The van der Waals surface area contributed by atoms with Gasteiger partial charge in [0, 0.05) is 12.1 Å². The molecule has 6 nitrogen and oxygen atoms in total. The van der Waals surface area contributed by atoms with Crippen molar-refractivity contribution in [2.24, 2.45) is 0 Å². The standard InChI is InChI=1S/C16H13ClF3NO5S/c1-25-15(22)10-6-7-14(12(17)8-10)27(23,24)21-9-11-4-2-3-5-13(11)26-16(18,19)20/h2-8,21H,9H2,1H3. The molecule has 0 spiro atoms. The minimum absolute atomic E-state index is 0.0271. The second-order valence-electron chi connectivity index (χ2n) is 5.12. The van der Waals surface area contributed by atoms with E-state index in [9.17, 15) is 26.4 Å². The topological polar surface area (TPSA) is 81.7 Å². The van der Waals surface area contributed by atoms with E-state index in [4.69, 9.17) is 11.6 Å². The maximum absolute atomic E-state index is 12.4. The lowest BCUT2D eigenvalue weighted by Gasteiger charge is -2.14. The van der Waals surface area contributed by atoms with E-state index >= 15 is 0 Å². The number of sulfonamides is 1. The van der Waals surface area contributed by atoms with Gasteiger partial charge in [0.05, 0.1) is 17.7 Å². The predicted molar refractivity (Wildman–Crippen MR) is 89.9 cm³/mol. The van der Waals surface area contributed by atoms with Crippen molar-refractivity contribution < 1.29 is 35.9 Å². The second kappa shape index (κ2) is 8.15. The fourth-order valence-corrected chi connectivity index (χ4v) is 3.64. The van der Waals surface area contributed by atoms with Gasteiger partial charge in [-0.2, -0.15) is 0 Å². The minimum Gasteiger partial charge on any atom is -0.465 e. The average molecular weight is 424 g/mol. The molecule has 0 aliphatic rings. The van der Waals surface area contributed by atoms with Crippen LogP contribution in [-0.2, 0) is 21.3 Å². The lowest BCUT2D eigenvalue weighted by molar-refractivity contribution is -0.274. The summed E-state index contributed by atoms with van der Waals surface area (Å²) in [7, 11) is -3.01. The zero-order chi connectivity index (χ0) is 20.2. The monoisotopic (exact) mass is 423 g/mol. The molecule has 1 N–H and O–H groups in total. The number of benzene rings is 2. The molecule has 0 heterocycles. The Balaban J connectivity index is 2.22. The van der Waals surface area contributed by atoms with E-state index in [0.29, 0.717) is 0 Å². The molecule has 0 bridgehead atoms. The molecule has 0 atom stereocenters. The normalized spacial score (nSPS) is 11.9. The lowest BCUT2D eigenvalue weighted by atomic mass is 10.2. The maximum atomic E-state index is 12.4. The fourth-order valence-electron chi connectivity index (χ4n) is 2.09. The average Bonchev–Trinajstić information content (AvgIpc) is 2.58. The van der Waals surface area contributed by atoms with Gasteiger partial charge in [-0.25, -0.2) is 17.9 Å². The number of alkyl halides is 3. The molecular weight excluding hydrogens is 411 g/mol. The lowest BCUT2D eigenvalue weighted by Crippen LogP contribution is -2.25. The number of carbonyl (C=O) groups is 1. The zero-order valence-electron chi connectivity index (χ0n) is 13.7. The van der Waals surface area contributed by atoms with Gasteiger partial charge in [-0.1, -0.05) is 29.8 Å². The Morgan fingerprint density at radius 3 is 2.44 bits per heavy atom. The quantitative estimate of drug-likeness (QED) is 0.719. The van der Waals surface area contributed by atoms with Crippen LogP contribution < -0.4 is 9.46 Å². The summed E-state index contributed by atoms with van der Waals surface area (Å²) in [5, 5.41) is -0.245. The van der Waals surface area contributed by atoms with E-state index in [1.807, 2.05) is 0 Å². The third-order valence-corrected chi connectivity index (χ3v) is 5.18. The van der Waals surface area contributed by atoms with Crippen molar-refractivity contribution in [3.05, 3.63) is 58.6 Å².